The van der Waals surface area contributed by atoms with Crippen molar-refractivity contribution in [3.8, 4) is 0 Å². The third-order valence-corrected chi connectivity index (χ3v) is 4.79. The molecule has 5 heteroatoms. The van der Waals surface area contributed by atoms with Crippen molar-refractivity contribution in [1.82, 2.24) is 8.96 Å². The van der Waals surface area contributed by atoms with E-state index in [1.165, 1.54) is 0 Å². The normalized spacial score (nSPS) is 11.5. The fourth-order valence-electron chi connectivity index (χ4n) is 2.13. The predicted molar refractivity (Wildman–Crippen MR) is 94.3 cm³/mol. The first-order valence-electron chi connectivity index (χ1n) is 6.52. The molecule has 2 heterocycles. The van der Waals surface area contributed by atoms with Gasteiger partial charge in [0.05, 0.1) is 10.6 Å². The highest BCUT2D eigenvalue weighted by Crippen LogP contribution is 2.34. The Morgan fingerprint density at radius 2 is 2.14 bits per heavy atom. The molecule has 0 aliphatic carbocycles. The van der Waals surface area contributed by atoms with Gasteiger partial charge < -0.3 is 5.73 Å². The van der Waals surface area contributed by atoms with E-state index in [0.29, 0.717) is 0 Å². The topological polar surface area (TPSA) is 43.8 Å². The van der Waals surface area contributed by atoms with E-state index in [9.17, 15) is 0 Å². The lowest BCUT2D eigenvalue weighted by Crippen LogP contribution is -1.95. The summed E-state index contributed by atoms with van der Waals surface area (Å²) in [5.74, 6) is 0. The number of hydrogen-bond acceptors (Lipinski definition) is 3. The summed E-state index contributed by atoms with van der Waals surface area (Å²) >= 11 is 5.14. The van der Waals surface area contributed by atoms with Crippen molar-refractivity contribution in [3.63, 3.8) is 0 Å². The highest BCUT2D eigenvalue weighted by atomic mass is 79.9. The van der Waals surface area contributed by atoms with Crippen molar-refractivity contribution in [2.45, 2.75) is 11.8 Å². The van der Waals surface area contributed by atoms with E-state index < -0.39 is 0 Å². The minimum atomic E-state index is 0.787. The fraction of sp³-hybridized carbons (Fsp3) is 0.0625. The molecule has 0 unspecified atom stereocenters. The van der Waals surface area contributed by atoms with Crippen molar-refractivity contribution >= 4 is 50.7 Å². The molecule has 0 atom stereocenters. The average Bonchev–Trinajstić information content (AvgIpc) is 2.81. The maximum absolute atomic E-state index is 6.25. The van der Waals surface area contributed by atoms with Gasteiger partial charge >= 0.3 is 0 Å². The lowest BCUT2D eigenvalue weighted by Gasteiger charge is -2.09. The van der Waals surface area contributed by atoms with Gasteiger partial charge in [-0.1, -0.05) is 24.3 Å². The van der Waals surface area contributed by atoms with E-state index in [-0.39, 0.29) is 0 Å². The summed E-state index contributed by atoms with van der Waals surface area (Å²) in [6.45, 7) is 1.99. The van der Waals surface area contributed by atoms with Crippen LogP contribution in [-0.4, -0.2) is 8.96 Å². The summed E-state index contributed by atoms with van der Waals surface area (Å²) in [7, 11) is 0. The van der Waals surface area contributed by atoms with Gasteiger partial charge in [0.15, 0.2) is 5.65 Å². The summed E-state index contributed by atoms with van der Waals surface area (Å²) in [6, 6.07) is 10.0. The molecule has 106 valence electrons. The lowest BCUT2D eigenvalue weighted by atomic mass is 10.2. The van der Waals surface area contributed by atoms with Crippen molar-refractivity contribution < 1.29 is 0 Å². The Labute approximate surface area is 136 Å². The molecule has 0 spiro atoms. The van der Waals surface area contributed by atoms with Crippen LogP contribution in [0.25, 0.3) is 17.1 Å². The first-order valence-corrected chi connectivity index (χ1v) is 8.08. The number of hydrogen-bond donors (Lipinski definition) is 1. The van der Waals surface area contributed by atoms with Crippen LogP contribution in [0.5, 0.6) is 0 Å². The minimum absolute atomic E-state index is 0.787. The SMILES string of the molecule is C/C=C\c1cccc(Sn2cc(Br)c3cccnc32)c1N. The van der Waals surface area contributed by atoms with E-state index in [1.807, 2.05) is 59.6 Å². The quantitative estimate of drug-likeness (QED) is 0.671. The number of fused-ring (bicyclic) bond motifs is 1. The first-order chi connectivity index (χ1) is 10.2. The second kappa shape index (κ2) is 5.95. The summed E-state index contributed by atoms with van der Waals surface area (Å²) in [4.78, 5) is 5.46. The predicted octanol–water partition coefficient (Wildman–Crippen LogP) is 4.97. The molecule has 2 aromatic heterocycles. The Balaban J connectivity index is 2.05. The second-order valence-corrected chi connectivity index (χ2v) is 6.40. The third kappa shape index (κ3) is 2.71. The van der Waals surface area contributed by atoms with Gasteiger partial charge in [-0.15, -0.1) is 0 Å². The molecule has 0 radical (unpaired) electrons. The Hall–Kier alpha value is -1.72. The van der Waals surface area contributed by atoms with Gasteiger partial charge in [-0.3, -0.25) is 3.97 Å². The molecule has 0 saturated carbocycles. The van der Waals surface area contributed by atoms with Crippen LogP contribution in [0, 0.1) is 0 Å². The van der Waals surface area contributed by atoms with E-state index in [2.05, 4.69) is 20.9 Å². The van der Waals surface area contributed by atoms with Crippen LogP contribution in [0.1, 0.15) is 12.5 Å². The van der Waals surface area contributed by atoms with Gasteiger partial charge in [-0.25, -0.2) is 4.98 Å². The van der Waals surface area contributed by atoms with Crippen LogP contribution in [0.3, 0.4) is 0 Å². The van der Waals surface area contributed by atoms with Crippen molar-refractivity contribution in [3.05, 3.63) is 58.8 Å². The second-order valence-electron chi connectivity index (χ2n) is 4.53. The molecule has 3 nitrogen and oxygen atoms in total. The number of para-hydroxylation sites is 1. The largest absolute Gasteiger partial charge is 0.397 e. The lowest BCUT2D eigenvalue weighted by molar-refractivity contribution is 1.24. The Morgan fingerprint density at radius 3 is 2.95 bits per heavy atom. The zero-order valence-corrected chi connectivity index (χ0v) is 13.9. The summed E-state index contributed by atoms with van der Waals surface area (Å²) in [5, 5.41) is 1.09. The maximum atomic E-state index is 6.25. The molecule has 2 N–H and O–H groups in total. The number of nitrogens with two attached hydrogens (primary N) is 1. The van der Waals surface area contributed by atoms with Gasteiger partial charge in [0, 0.05) is 22.3 Å². The molecule has 3 rings (SSSR count). The van der Waals surface area contributed by atoms with Gasteiger partial charge in [0.2, 0.25) is 0 Å². The van der Waals surface area contributed by atoms with Crippen molar-refractivity contribution in [1.29, 1.82) is 0 Å². The molecule has 21 heavy (non-hydrogen) atoms. The number of anilines is 1. The van der Waals surface area contributed by atoms with E-state index in [1.54, 1.807) is 18.1 Å². The number of allylic oxidation sites excluding steroid dienone is 1. The van der Waals surface area contributed by atoms with Crippen molar-refractivity contribution in [2.75, 3.05) is 5.73 Å². The third-order valence-electron chi connectivity index (χ3n) is 3.13. The zero-order valence-electron chi connectivity index (χ0n) is 11.5. The van der Waals surface area contributed by atoms with Crippen LogP contribution in [-0.2, 0) is 0 Å². The van der Waals surface area contributed by atoms with E-state index in [4.69, 9.17) is 5.73 Å². The Morgan fingerprint density at radius 1 is 1.29 bits per heavy atom. The van der Waals surface area contributed by atoms with E-state index in [0.717, 1.165) is 31.7 Å². The van der Waals surface area contributed by atoms with Crippen LogP contribution < -0.4 is 5.73 Å². The van der Waals surface area contributed by atoms with Crippen LogP contribution in [0.2, 0.25) is 0 Å². The molecule has 0 aliphatic rings. The first kappa shape index (κ1) is 14.2. The average molecular weight is 360 g/mol. The molecule has 0 aliphatic heterocycles. The van der Waals surface area contributed by atoms with Crippen LogP contribution >= 0.6 is 27.9 Å². The molecular weight excluding hydrogens is 346 g/mol. The highest BCUT2D eigenvalue weighted by molar-refractivity contribution is 9.10. The Kier molecular flexibility index (Phi) is 4.03. The summed E-state index contributed by atoms with van der Waals surface area (Å²) < 4.78 is 3.06. The molecule has 1 aromatic carbocycles. The molecule has 0 bridgehead atoms. The molecule has 0 fully saturated rings. The van der Waals surface area contributed by atoms with Gasteiger partial charge in [-0.05, 0) is 58.6 Å². The summed E-state index contributed by atoms with van der Waals surface area (Å²) in [5.41, 5.74) is 8.99. The van der Waals surface area contributed by atoms with Gasteiger partial charge in [0.1, 0.15) is 0 Å². The number of nitrogens with zero attached hydrogens (tertiary/aromatic N) is 2. The monoisotopic (exact) mass is 359 g/mol. The number of rotatable bonds is 3. The minimum Gasteiger partial charge on any atom is -0.397 e. The molecular formula is C16H14BrN3S. The summed E-state index contributed by atoms with van der Waals surface area (Å²) in [6.07, 6.45) is 7.82. The fourth-order valence-corrected chi connectivity index (χ4v) is 3.74. The maximum Gasteiger partial charge on any atom is 0.151 e. The van der Waals surface area contributed by atoms with Gasteiger partial charge in [-0.2, -0.15) is 0 Å². The van der Waals surface area contributed by atoms with Crippen LogP contribution in [0.15, 0.2) is 58.2 Å². The highest BCUT2D eigenvalue weighted by Gasteiger charge is 2.10. The standard InChI is InChI=1S/C16H14BrN3S/c1-2-5-11-6-3-8-14(15(11)18)21-20-10-13(17)12-7-4-9-19-16(12)20/h2-10H,18H2,1H3/b5-2-. The number of pyridine rings is 1. The van der Waals surface area contributed by atoms with Crippen LogP contribution in [0.4, 0.5) is 5.69 Å². The molecule has 3 aromatic rings. The van der Waals surface area contributed by atoms with Gasteiger partial charge in [0.25, 0.3) is 0 Å². The van der Waals surface area contributed by atoms with Crippen molar-refractivity contribution in [2.24, 2.45) is 0 Å². The number of halogens is 1. The Bertz CT molecular complexity index is 824. The molecule has 0 amide bonds. The number of benzene rings is 1. The zero-order chi connectivity index (χ0) is 14.8. The van der Waals surface area contributed by atoms with E-state index >= 15 is 0 Å². The number of nitrogen functional groups attached to an aromatic ring is 1. The molecule has 0 saturated heterocycles. The smallest absolute Gasteiger partial charge is 0.151 e. The number of aromatic nitrogens is 2.